The lowest BCUT2D eigenvalue weighted by Gasteiger charge is -2.37. The van der Waals surface area contributed by atoms with Crippen LogP contribution in [0.2, 0.25) is 0 Å². The Balaban J connectivity index is 0.966. The third kappa shape index (κ3) is 9.19. The molecule has 11 heteroatoms. The highest BCUT2D eigenvalue weighted by Crippen LogP contribution is 2.41. The second-order valence-electron chi connectivity index (χ2n) is 15.8. The summed E-state index contributed by atoms with van der Waals surface area (Å²) >= 11 is 0. The summed E-state index contributed by atoms with van der Waals surface area (Å²) in [5, 5.41) is 13.0. The molecule has 5 aromatic rings. The summed E-state index contributed by atoms with van der Waals surface area (Å²) in [6, 6.07) is 27.2. The molecule has 1 saturated carbocycles. The second-order valence-corrected chi connectivity index (χ2v) is 15.8. The fraction of sp³-hybridized carbons (Fsp3) is 0.333. The molecular formula is C48H49N3O8. The number of aryl methyl sites for hydroxylation is 1. The van der Waals surface area contributed by atoms with Gasteiger partial charge in [-0.25, -0.2) is 4.79 Å². The molecule has 8 rings (SSSR count). The molecule has 3 aliphatic rings. The van der Waals surface area contributed by atoms with Crippen molar-refractivity contribution in [2.45, 2.75) is 83.5 Å². The predicted octanol–water partition coefficient (Wildman–Crippen LogP) is 8.34. The molecular weight excluding hydrogens is 747 g/mol. The number of carboxylic acid groups (broad SMARTS) is 1. The number of hydrogen-bond donors (Lipinski definition) is 2. The Morgan fingerprint density at radius 1 is 0.881 bits per heavy atom. The van der Waals surface area contributed by atoms with Gasteiger partial charge in [0.25, 0.3) is 5.91 Å². The number of aliphatic carboxylic acids is 1. The van der Waals surface area contributed by atoms with E-state index in [0.717, 1.165) is 40.3 Å². The average molecular weight is 796 g/mol. The van der Waals surface area contributed by atoms with Gasteiger partial charge < -0.3 is 34.3 Å². The van der Waals surface area contributed by atoms with Crippen LogP contribution in [0, 0.1) is 19.8 Å². The largest absolute Gasteiger partial charge is 0.493 e. The van der Waals surface area contributed by atoms with Crippen molar-refractivity contribution >= 4 is 17.8 Å². The van der Waals surface area contributed by atoms with Gasteiger partial charge in [-0.3, -0.25) is 14.6 Å². The lowest BCUT2D eigenvalue weighted by molar-refractivity contribution is -0.142. The van der Waals surface area contributed by atoms with E-state index >= 15 is 0 Å². The number of amides is 2. The van der Waals surface area contributed by atoms with Crippen LogP contribution in [0.1, 0.15) is 82.1 Å². The number of carbonyl (C=O) groups is 3. The third-order valence-electron chi connectivity index (χ3n) is 11.7. The maximum Gasteiger partial charge on any atom is 0.326 e. The molecule has 0 radical (unpaired) electrons. The van der Waals surface area contributed by atoms with E-state index in [4.69, 9.17) is 18.9 Å². The van der Waals surface area contributed by atoms with Crippen LogP contribution in [0.4, 0.5) is 0 Å². The minimum atomic E-state index is -1.25. The van der Waals surface area contributed by atoms with E-state index in [1.54, 1.807) is 60.8 Å². The first-order chi connectivity index (χ1) is 28.7. The summed E-state index contributed by atoms with van der Waals surface area (Å²) in [6.45, 7) is 5.00. The van der Waals surface area contributed by atoms with Crippen molar-refractivity contribution in [1.82, 2.24) is 15.2 Å². The van der Waals surface area contributed by atoms with Gasteiger partial charge in [0.15, 0.2) is 17.6 Å². The first kappa shape index (κ1) is 39.5. The number of nitrogens with zero attached hydrogens (tertiary/aromatic N) is 2. The van der Waals surface area contributed by atoms with E-state index in [1.807, 2.05) is 56.3 Å². The van der Waals surface area contributed by atoms with Crippen molar-refractivity contribution in [1.29, 1.82) is 0 Å². The summed E-state index contributed by atoms with van der Waals surface area (Å²) in [6.07, 6.45) is 7.87. The maximum absolute atomic E-state index is 14.2. The lowest BCUT2D eigenvalue weighted by atomic mass is 9.90. The smallest absolute Gasteiger partial charge is 0.326 e. The highest BCUT2D eigenvalue weighted by molar-refractivity contribution is 5.98. The number of benzene rings is 4. The predicted molar refractivity (Wildman–Crippen MR) is 221 cm³/mol. The van der Waals surface area contributed by atoms with E-state index in [2.05, 4.69) is 10.3 Å². The van der Waals surface area contributed by atoms with Crippen LogP contribution in [0.15, 0.2) is 103 Å². The van der Waals surface area contributed by atoms with Crippen LogP contribution in [0.3, 0.4) is 0 Å². The summed E-state index contributed by atoms with van der Waals surface area (Å²) in [5.41, 5.74) is 5.52. The Morgan fingerprint density at radius 2 is 1.61 bits per heavy atom. The molecule has 0 saturated heterocycles. The van der Waals surface area contributed by atoms with Gasteiger partial charge in [-0.2, -0.15) is 0 Å². The Hall–Kier alpha value is -6.36. The second kappa shape index (κ2) is 17.6. The van der Waals surface area contributed by atoms with Gasteiger partial charge in [-0.1, -0.05) is 61.7 Å². The van der Waals surface area contributed by atoms with Crippen molar-refractivity contribution in [2.75, 3.05) is 13.2 Å². The molecule has 3 atom stereocenters. The highest BCUT2D eigenvalue weighted by atomic mass is 16.6. The third-order valence-corrected chi connectivity index (χ3v) is 11.7. The van der Waals surface area contributed by atoms with Crippen molar-refractivity contribution in [3.63, 3.8) is 0 Å². The van der Waals surface area contributed by atoms with Crippen LogP contribution in [-0.2, 0) is 29.0 Å². The van der Waals surface area contributed by atoms with Crippen LogP contribution in [0.5, 0.6) is 28.7 Å². The number of fused-ring (bicyclic) bond motifs is 2. The Kier molecular flexibility index (Phi) is 11.8. The summed E-state index contributed by atoms with van der Waals surface area (Å²) in [4.78, 5) is 46.6. The van der Waals surface area contributed by atoms with E-state index in [9.17, 15) is 19.5 Å². The summed E-state index contributed by atoms with van der Waals surface area (Å²) in [7, 11) is 0. The first-order valence-corrected chi connectivity index (χ1v) is 20.4. The van der Waals surface area contributed by atoms with E-state index in [-0.39, 0.29) is 31.4 Å². The first-order valence-electron chi connectivity index (χ1n) is 20.4. The van der Waals surface area contributed by atoms with Crippen LogP contribution >= 0.6 is 0 Å². The van der Waals surface area contributed by atoms with Gasteiger partial charge >= 0.3 is 5.97 Å². The SMILES string of the molecule is Cc1nccc(Oc2ccc(C[C@H](NC(=O)[C@@H]3Cc4cc5c(cc4CN3C(=O)c3ccccc3)O[C@@H](c3ccc(OCC4CCCCC4)cc3)CO5)C(=O)O)cc2)c1C. The minimum Gasteiger partial charge on any atom is -0.493 e. The molecule has 1 aliphatic carbocycles. The molecule has 59 heavy (non-hydrogen) atoms. The molecule has 1 fully saturated rings. The lowest BCUT2D eigenvalue weighted by Crippen LogP contribution is -2.56. The highest BCUT2D eigenvalue weighted by Gasteiger charge is 2.38. The molecule has 2 amide bonds. The molecule has 2 N–H and O–H groups in total. The van der Waals surface area contributed by atoms with Gasteiger partial charge in [0.1, 0.15) is 35.9 Å². The molecule has 304 valence electrons. The number of ether oxygens (including phenoxy) is 4. The van der Waals surface area contributed by atoms with Crippen molar-refractivity contribution in [2.24, 2.45) is 5.92 Å². The molecule has 1 aromatic heterocycles. The fourth-order valence-electron chi connectivity index (χ4n) is 8.11. The Bertz CT molecular complexity index is 2290. The number of hydrogen-bond acceptors (Lipinski definition) is 8. The molecule has 0 unspecified atom stereocenters. The average Bonchev–Trinajstić information content (AvgIpc) is 3.26. The van der Waals surface area contributed by atoms with E-state index in [0.29, 0.717) is 46.6 Å². The standard InChI is InChI=1S/C48H49N3O8/c1-30-31(2)49-22-21-42(30)58-39-17-13-32(14-18-39)23-40(48(54)55)50-46(52)41-24-36-25-43-44(26-37(36)27-51(41)47(53)35-11-7-4-8-12-35)59-45(29-57-43)34-15-19-38(20-16-34)56-28-33-9-5-3-6-10-33/h4,7-8,11-22,25-26,33,40-41,45H,3,5-6,9-10,23-24,27-29H2,1-2H3,(H,50,52)(H,54,55)/t40-,41-,45+/m0/s1. The molecule has 0 bridgehead atoms. The number of aromatic nitrogens is 1. The molecule has 3 heterocycles. The Morgan fingerprint density at radius 3 is 2.36 bits per heavy atom. The van der Waals surface area contributed by atoms with Gasteiger partial charge in [-0.05, 0) is 109 Å². The van der Waals surface area contributed by atoms with Gasteiger partial charge in [0, 0.05) is 42.4 Å². The zero-order valence-electron chi connectivity index (χ0n) is 33.4. The van der Waals surface area contributed by atoms with Gasteiger partial charge in [0.2, 0.25) is 5.91 Å². The summed E-state index contributed by atoms with van der Waals surface area (Å²) < 4.78 is 24.9. The zero-order chi connectivity index (χ0) is 40.9. The quantitative estimate of drug-likeness (QED) is 0.128. The fourth-order valence-corrected chi connectivity index (χ4v) is 8.11. The number of rotatable bonds is 12. The monoisotopic (exact) mass is 795 g/mol. The van der Waals surface area contributed by atoms with Crippen molar-refractivity contribution in [3.05, 3.63) is 142 Å². The zero-order valence-corrected chi connectivity index (χ0v) is 33.4. The molecule has 2 aliphatic heterocycles. The van der Waals surface area contributed by atoms with Crippen LogP contribution < -0.4 is 24.3 Å². The molecule has 0 spiro atoms. The molecule has 11 nitrogen and oxygen atoms in total. The number of carboxylic acids is 1. The Labute approximate surface area is 344 Å². The van der Waals surface area contributed by atoms with Crippen LogP contribution in [-0.4, -0.2) is 58.1 Å². The normalized spacial score (nSPS) is 18.0. The van der Waals surface area contributed by atoms with E-state index < -0.39 is 24.0 Å². The van der Waals surface area contributed by atoms with Crippen molar-refractivity contribution < 1.29 is 38.4 Å². The van der Waals surface area contributed by atoms with Crippen molar-refractivity contribution in [3.8, 4) is 28.7 Å². The van der Waals surface area contributed by atoms with Crippen LogP contribution in [0.25, 0.3) is 0 Å². The minimum absolute atomic E-state index is 0.0285. The number of nitrogens with one attached hydrogen (secondary N) is 1. The van der Waals surface area contributed by atoms with E-state index in [1.165, 1.54) is 37.0 Å². The maximum atomic E-state index is 14.2. The number of pyridine rings is 1. The molecule has 4 aromatic carbocycles. The number of carbonyl (C=O) groups excluding carboxylic acids is 2. The van der Waals surface area contributed by atoms with Gasteiger partial charge in [-0.15, -0.1) is 0 Å². The topological polar surface area (TPSA) is 137 Å². The summed E-state index contributed by atoms with van der Waals surface area (Å²) in [5.74, 6) is 1.77. The van der Waals surface area contributed by atoms with Gasteiger partial charge in [0.05, 0.1) is 6.61 Å².